The molecule has 0 radical (unpaired) electrons. The average molecular weight is 513 g/mol. The van der Waals surface area contributed by atoms with Gasteiger partial charge in [0.05, 0.1) is 11.3 Å². The highest BCUT2D eigenvalue weighted by molar-refractivity contribution is 7.74. The van der Waals surface area contributed by atoms with E-state index in [9.17, 15) is 31.5 Å². The molecule has 0 aliphatic rings. The van der Waals surface area contributed by atoms with E-state index in [-0.39, 0.29) is 17.1 Å². The van der Waals surface area contributed by atoms with Gasteiger partial charge in [0.15, 0.2) is 0 Å². The Hall–Kier alpha value is -4.31. The van der Waals surface area contributed by atoms with Crippen LogP contribution in [0.2, 0.25) is 0 Å². The molecule has 0 aliphatic heterocycles. The molecule has 0 fully saturated rings. The van der Waals surface area contributed by atoms with E-state index in [1.54, 1.807) is 24.3 Å². The number of hydrogen-bond donors (Lipinski definition) is 3. The number of amides is 1. The van der Waals surface area contributed by atoms with Crippen LogP contribution in [0.4, 0.5) is 30.2 Å². The van der Waals surface area contributed by atoms with Gasteiger partial charge in [-0.3, -0.25) is 4.79 Å². The summed E-state index contributed by atoms with van der Waals surface area (Å²) in [6, 6.07) is 23.7. The summed E-state index contributed by atoms with van der Waals surface area (Å²) in [7, 11) is -3.39. The zero-order chi connectivity index (χ0) is 25.9. The Bertz CT molecular complexity index is 1450. The largest absolute Gasteiger partial charge is 0.506 e. The summed E-state index contributed by atoms with van der Waals surface area (Å²) >= 11 is 0. The van der Waals surface area contributed by atoms with Crippen LogP contribution in [0, 0.1) is 0 Å². The fraction of sp³-hybridized carbons (Fsp3) is 0.0385. The van der Waals surface area contributed by atoms with Gasteiger partial charge in [-0.05, 0) is 65.7 Å². The SMILES string of the molecule is O=C(Nc1ccc(O)c(N(c2ccc(C(F)(F)F)cc2)[SH](=O)=O)c1)c1ccc(-c2ccccc2)cc1. The lowest BCUT2D eigenvalue weighted by molar-refractivity contribution is -0.137. The number of alkyl halides is 3. The van der Waals surface area contributed by atoms with Gasteiger partial charge in [0.1, 0.15) is 11.4 Å². The summed E-state index contributed by atoms with van der Waals surface area (Å²) < 4.78 is 63.3. The Kier molecular flexibility index (Phi) is 6.98. The molecule has 0 aliphatic carbocycles. The number of aromatic hydroxyl groups is 1. The maximum Gasteiger partial charge on any atom is 0.416 e. The molecule has 0 heterocycles. The van der Waals surface area contributed by atoms with E-state index in [0.717, 1.165) is 35.4 Å². The molecule has 0 unspecified atom stereocenters. The minimum absolute atomic E-state index is 0.116. The standard InChI is InChI=1S/C26H19F3N2O4S/c27-26(28,29)20-10-13-22(14-11-20)31(36(34)35)23-16-21(12-15-24(23)32)30-25(33)19-8-6-18(7-9-19)17-4-2-1-3-5-17/h1-16,32,36H,(H,30,33). The second-order valence-electron chi connectivity index (χ2n) is 7.70. The molecule has 0 saturated heterocycles. The van der Waals surface area contributed by atoms with Crippen molar-refractivity contribution >= 4 is 33.9 Å². The number of rotatable bonds is 6. The molecule has 6 nitrogen and oxygen atoms in total. The molecule has 0 saturated carbocycles. The summed E-state index contributed by atoms with van der Waals surface area (Å²) in [6.07, 6.45) is -4.59. The van der Waals surface area contributed by atoms with Crippen molar-refractivity contribution in [1.29, 1.82) is 0 Å². The summed E-state index contributed by atoms with van der Waals surface area (Å²) in [5, 5.41) is 12.9. The summed E-state index contributed by atoms with van der Waals surface area (Å²) in [4.78, 5) is 12.8. The predicted molar refractivity (Wildman–Crippen MR) is 132 cm³/mol. The fourth-order valence-corrected chi connectivity index (χ4v) is 4.19. The number of phenols is 1. The molecule has 36 heavy (non-hydrogen) atoms. The lowest BCUT2D eigenvalue weighted by Crippen LogP contribution is -2.16. The quantitative estimate of drug-likeness (QED) is 0.219. The van der Waals surface area contributed by atoms with Crippen molar-refractivity contribution in [1.82, 2.24) is 0 Å². The van der Waals surface area contributed by atoms with Crippen molar-refractivity contribution in [2.24, 2.45) is 0 Å². The lowest BCUT2D eigenvalue weighted by atomic mass is 10.0. The lowest BCUT2D eigenvalue weighted by Gasteiger charge is -2.20. The number of nitrogens with one attached hydrogen (secondary N) is 1. The highest BCUT2D eigenvalue weighted by Gasteiger charge is 2.30. The predicted octanol–water partition coefficient (Wildman–Crippen LogP) is 5.99. The Morgan fingerprint density at radius 1 is 0.806 bits per heavy atom. The molecule has 4 aromatic rings. The van der Waals surface area contributed by atoms with Gasteiger partial charge >= 0.3 is 6.18 Å². The molecule has 0 aromatic heterocycles. The Morgan fingerprint density at radius 3 is 2.00 bits per heavy atom. The molecular formula is C26H19F3N2O4S. The number of carbonyl (C=O) groups excluding carboxylic acids is 1. The van der Waals surface area contributed by atoms with Crippen molar-refractivity contribution in [3.63, 3.8) is 0 Å². The first-order valence-electron chi connectivity index (χ1n) is 10.5. The fourth-order valence-electron chi connectivity index (χ4n) is 3.53. The van der Waals surface area contributed by atoms with E-state index < -0.39 is 34.3 Å². The second-order valence-corrected chi connectivity index (χ2v) is 8.57. The zero-order valence-electron chi connectivity index (χ0n) is 18.4. The van der Waals surface area contributed by atoms with Crippen LogP contribution in [0.5, 0.6) is 5.75 Å². The van der Waals surface area contributed by atoms with E-state index in [1.807, 2.05) is 30.3 Å². The first-order valence-corrected chi connectivity index (χ1v) is 11.7. The Balaban J connectivity index is 1.58. The van der Waals surface area contributed by atoms with Gasteiger partial charge in [0.2, 0.25) is 10.9 Å². The van der Waals surface area contributed by atoms with Gasteiger partial charge < -0.3 is 10.4 Å². The summed E-state index contributed by atoms with van der Waals surface area (Å²) in [6.45, 7) is 0. The first kappa shape index (κ1) is 24.8. The molecule has 184 valence electrons. The van der Waals surface area contributed by atoms with Crippen LogP contribution in [0.1, 0.15) is 15.9 Å². The number of thiol groups is 1. The molecule has 0 spiro atoms. The number of benzene rings is 4. The number of hydrogen-bond acceptors (Lipinski definition) is 4. The smallest absolute Gasteiger partial charge is 0.416 e. The number of nitrogens with zero attached hydrogens (tertiary/aromatic N) is 1. The van der Waals surface area contributed by atoms with Crippen LogP contribution < -0.4 is 9.62 Å². The van der Waals surface area contributed by atoms with Crippen LogP contribution in [0.3, 0.4) is 0 Å². The zero-order valence-corrected chi connectivity index (χ0v) is 19.3. The van der Waals surface area contributed by atoms with Gasteiger partial charge in [-0.1, -0.05) is 42.5 Å². The van der Waals surface area contributed by atoms with Crippen LogP contribution >= 0.6 is 0 Å². The third kappa shape index (κ3) is 5.49. The van der Waals surface area contributed by atoms with Gasteiger partial charge in [-0.2, -0.15) is 13.2 Å². The highest BCUT2D eigenvalue weighted by atomic mass is 32.2. The first-order chi connectivity index (χ1) is 17.1. The molecule has 4 rings (SSSR count). The van der Waals surface area contributed by atoms with Crippen LogP contribution in [0.15, 0.2) is 97.1 Å². The molecule has 0 atom stereocenters. The Morgan fingerprint density at radius 2 is 1.42 bits per heavy atom. The van der Waals surface area contributed by atoms with Crippen molar-refractivity contribution in [3.05, 3.63) is 108 Å². The monoisotopic (exact) mass is 512 g/mol. The third-order valence-corrected chi connectivity index (χ3v) is 6.09. The van der Waals surface area contributed by atoms with Crippen LogP contribution in [-0.2, 0) is 17.1 Å². The molecular weight excluding hydrogens is 493 g/mol. The molecule has 1 amide bonds. The summed E-state index contributed by atoms with van der Waals surface area (Å²) in [5.74, 6) is -0.918. The van der Waals surface area contributed by atoms with Crippen molar-refractivity contribution in [3.8, 4) is 16.9 Å². The second kappa shape index (κ2) is 10.1. The van der Waals surface area contributed by atoms with Gasteiger partial charge in [-0.25, -0.2) is 12.7 Å². The topological polar surface area (TPSA) is 86.7 Å². The number of anilines is 3. The van der Waals surface area contributed by atoms with E-state index in [2.05, 4.69) is 5.32 Å². The minimum atomic E-state index is -4.59. The van der Waals surface area contributed by atoms with Crippen molar-refractivity contribution in [2.75, 3.05) is 9.62 Å². The molecule has 4 aromatic carbocycles. The summed E-state index contributed by atoms with van der Waals surface area (Å²) in [5.41, 5.74) is 1.13. The average Bonchev–Trinajstić information content (AvgIpc) is 2.86. The Labute approximate surface area is 206 Å². The van der Waals surface area contributed by atoms with Crippen LogP contribution in [0.25, 0.3) is 11.1 Å². The van der Waals surface area contributed by atoms with Crippen molar-refractivity contribution in [2.45, 2.75) is 6.18 Å². The van der Waals surface area contributed by atoms with Crippen LogP contribution in [-0.4, -0.2) is 19.4 Å². The van der Waals surface area contributed by atoms with E-state index in [4.69, 9.17) is 0 Å². The molecule has 0 bridgehead atoms. The molecule has 10 heteroatoms. The minimum Gasteiger partial charge on any atom is -0.506 e. The van der Waals surface area contributed by atoms with Crippen molar-refractivity contribution < 1.29 is 31.5 Å². The molecule has 2 N–H and O–H groups in total. The van der Waals surface area contributed by atoms with E-state index in [1.165, 1.54) is 18.2 Å². The highest BCUT2D eigenvalue weighted by Crippen LogP contribution is 2.37. The maximum absolute atomic E-state index is 12.9. The van der Waals surface area contributed by atoms with E-state index in [0.29, 0.717) is 9.87 Å². The third-order valence-electron chi connectivity index (χ3n) is 5.32. The van der Waals surface area contributed by atoms with Gasteiger partial charge in [-0.15, -0.1) is 0 Å². The number of phenolic OH excluding ortho intramolecular Hbond substituents is 1. The maximum atomic E-state index is 12.9. The van der Waals surface area contributed by atoms with Gasteiger partial charge in [0, 0.05) is 11.3 Å². The van der Waals surface area contributed by atoms with E-state index >= 15 is 0 Å². The number of carbonyl (C=O) groups is 1. The normalized spacial score (nSPS) is 11.3. The van der Waals surface area contributed by atoms with Gasteiger partial charge in [0.25, 0.3) is 5.91 Å². The number of halogens is 3.